The Kier molecular flexibility index (Phi) is 19.0. The first-order valence-electron chi connectivity index (χ1n) is 2.88. The van der Waals surface area contributed by atoms with Gasteiger partial charge < -0.3 is 19.8 Å². The van der Waals surface area contributed by atoms with Crippen LogP contribution in [0.5, 0.6) is 0 Å². The van der Waals surface area contributed by atoms with E-state index in [1.54, 1.807) is 6.92 Å². The zero-order valence-electron chi connectivity index (χ0n) is 6.55. The number of rotatable bonds is 2. The Hall–Kier alpha value is -0.346. The number of carbonyl (C=O) groups excluding carboxylic acids is 2. The van der Waals surface area contributed by atoms with Crippen LogP contribution in [0.25, 0.3) is 0 Å². The molecule has 0 aliphatic carbocycles. The van der Waals surface area contributed by atoms with Crippen molar-refractivity contribution in [2.75, 3.05) is 0 Å². The van der Waals surface area contributed by atoms with E-state index in [9.17, 15) is 9.90 Å². The Labute approximate surface area is 80.5 Å². The summed E-state index contributed by atoms with van der Waals surface area (Å²) < 4.78 is 0. The minimum atomic E-state index is -1.08. The second-order valence-corrected chi connectivity index (χ2v) is 1.61. The summed E-state index contributed by atoms with van der Waals surface area (Å²) in [6.07, 6.45) is 0.850. The van der Waals surface area contributed by atoms with Gasteiger partial charge in [0.05, 0.1) is 0 Å². The minimum Gasteiger partial charge on any atom is -0.550 e. The van der Waals surface area contributed by atoms with Gasteiger partial charge in [-0.2, -0.15) is 0 Å². The van der Waals surface area contributed by atoms with E-state index >= 15 is 0 Å². The topological polar surface area (TPSA) is 80.3 Å². The van der Waals surface area contributed by atoms with E-state index in [1.165, 1.54) is 0 Å². The fourth-order valence-corrected chi connectivity index (χ4v) is 0.204. The Morgan fingerprint density at radius 2 is 1.55 bits per heavy atom. The van der Waals surface area contributed by atoms with Crippen LogP contribution in [0.15, 0.2) is 0 Å². The van der Waals surface area contributed by atoms with Crippen molar-refractivity contribution in [3.63, 3.8) is 0 Å². The van der Waals surface area contributed by atoms with E-state index in [0.29, 0.717) is 6.42 Å². The molecule has 62 valence electrons. The number of aliphatic carboxylic acids is 2. The van der Waals surface area contributed by atoms with Gasteiger partial charge in [-0.25, -0.2) is 0 Å². The monoisotopic (exact) mass is 194 g/mol. The molecule has 0 spiro atoms. The average Bonchev–Trinajstić information content (AvgIpc) is 1.62. The zero-order valence-corrected chi connectivity index (χ0v) is 8.11. The SMILES string of the molecule is CC(=O)[O-].CCCC(=O)[O-].[Ti+2]. The molecule has 0 aromatic heterocycles. The van der Waals surface area contributed by atoms with E-state index in [0.717, 1.165) is 6.92 Å². The molecule has 0 aliphatic rings. The van der Waals surface area contributed by atoms with E-state index in [2.05, 4.69) is 0 Å². The molecule has 11 heavy (non-hydrogen) atoms. The standard InChI is InChI=1S/C4H8O2.C2H4O2.Ti/c1-2-3-4(5)6;1-2(3)4;/h2-3H2,1H3,(H,5,6);1H3,(H,3,4);/q;;+2/p-2. The second kappa shape index (κ2) is 12.3. The molecule has 0 saturated carbocycles. The van der Waals surface area contributed by atoms with Crippen molar-refractivity contribution in [2.24, 2.45) is 0 Å². The molecule has 0 aromatic rings. The first kappa shape index (κ1) is 16.9. The Morgan fingerprint density at radius 3 is 1.55 bits per heavy atom. The van der Waals surface area contributed by atoms with E-state index in [1.807, 2.05) is 0 Å². The minimum absolute atomic E-state index is 0. The zero-order chi connectivity index (χ0) is 8.57. The Morgan fingerprint density at radius 1 is 1.27 bits per heavy atom. The van der Waals surface area contributed by atoms with E-state index < -0.39 is 11.9 Å². The molecule has 4 nitrogen and oxygen atoms in total. The summed E-state index contributed by atoms with van der Waals surface area (Å²) in [6.45, 7) is 2.77. The molecule has 0 rings (SSSR count). The molecule has 0 amide bonds. The summed E-state index contributed by atoms with van der Waals surface area (Å²) in [5.41, 5.74) is 0. The largest absolute Gasteiger partial charge is 2.00 e. The third-order valence-electron chi connectivity index (χ3n) is 0.454. The van der Waals surface area contributed by atoms with Gasteiger partial charge in [0.2, 0.25) is 0 Å². The fraction of sp³-hybridized carbons (Fsp3) is 0.667. The molecule has 0 fully saturated rings. The smallest absolute Gasteiger partial charge is 0.550 e. The van der Waals surface area contributed by atoms with Crippen LogP contribution in [0.1, 0.15) is 26.7 Å². The van der Waals surface area contributed by atoms with Gasteiger partial charge in [0, 0.05) is 11.9 Å². The molecular weight excluding hydrogens is 184 g/mol. The molecule has 5 heteroatoms. The molecule has 0 unspecified atom stereocenters. The van der Waals surface area contributed by atoms with Crippen LogP contribution >= 0.6 is 0 Å². The summed E-state index contributed by atoms with van der Waals surface area (Å²) in [4.78, 5) is 18.4. The molecule has 0 bridgehead atoms. The van der Waals surface area contributed by atoms with Crippen molar-refractivity contribution in [3.8, 4) is 0 Å². The second-order valence-electron chi connectivity index (χ2n) is 1.61. The van der Waals surface area contributed by atoms with Crippen molar-refractivity contribution in [1.29, 1.82) is 0 Å². The van der Waals surface area contributed by atoms with Crippen molar-refractivity contribution in [3.05, 3.63) is 0 Å². The van der Waals surface area contributed by atoms with Gasteiger partial charge in [-0.3, -0.25) is 0 Å². The Bertz CT molecular complexity index is 109. The molecule has 0 saturated heterocycles. The summed E-state index contributed by atoms with van der Waals surface area (Å²) in [5.74, 6) is -2.04. The maximum absolute atomic E-state index is 9.49. The van der Waals surface area contributed by atoms with Gasteiger partial charge in [0.1, 0.15) is 0 Å². The van der Waals surface area contributed by atoms with E-state index in [4.69, 9.17) is 9.90 Å². The average molecular weight is 194 g/mol. The first-order valence-corrected chi connectivity index (χ1v) is 2.88. The third-order valence-corrected chi connectivity index (χ3v) is 0.454. The predicted molar refractivity (Wildman–Crippen MR) is 30.6 cm³/mol. The van der Waals surface area contributed by atoms with Crippen LogP contribution in [0.4, 0.5) is 0 Å². The van der Waals surface area contributed by atoms with Gasteiger partial charge in [0.25, 0.3) is 0 Å². The Balaban J connectivity index is -0.000000114. The molecule has 0 radical (unpaired) electrons. The number of carbonyl (C=O) groups is 2. The molecule has 0 aliphatic heterocycles. The number of hydrogen-bond acceptors (Lipinski definition) is 4. The molecule has 0 heterocycles. The first-order chi connectivity index (χ1) is 4.50. The van der Waals surface area contributed by atoms with Crippen LogP contribution in [0.3, 0.4) is 0 Å². The van der Waals surface area contributed by atoms with Crippen LogP contribution in [-0.4, -0.2) is 11.9 Å². The van der Waals surface area contributed by atoms with Crippen LogP contribution < -0.4 is 10.2 Å². The normalized spacial score (nSPS) is 6.73. The third kappa shape index (κ3) is 80.3. The predicted octanol–water partition coefficient (Wildman–Crippen LogP) is -1.71. The van der Waals surface area contributed by atoms with Crippen LogP contribution in [0.2, 0.25) is 0 Å². The maximum Gasteiger partial charge on any atom is 2.00 e. The summed E-state index contributed by atoms with van der Waals surface area (Å²) in [6, 6.07) is 0. The van der Waals surface area contributed by atoms with Gasteiger partial charge in [-0.1, -0.05) is 13.3 Å². The van der Waals surface area contributed by atoms with Gasteiger partial charge in [-0.05, 0) is 13.3 Å². The van der Waals surface area contributed by atoms with E-state index in [-0.39, 0.29) is 28.1 Å². The summed E-state index contributed by atoms with van der Waals surface area (Å²) >= 11 is 0. The summed E-state index contributed by atoms with van der Waals surface area (Å²) in [5, 5.41) is 18.4. The number of hydrogen-bond donors (Lipinski definition) is 0. The van der Waals surface area contributed by atoms with Crippen molar-refractivity contribution in [1.82, 2.24) is 0 Å². The van der Waals surface area contributed by atoms with Crippen molar-refractivity contribution in [2.45, 2.75) is 26.7 Å². The molecular formula is C6H10O4Ti. The van der Waals surface area contributed by atoms with Gasteiger partial charge in [-0.15, -0.1) is 0 Å². The number of carboxylic acid groups (broad SMARTS) is 2. The quantitative estimate of drug-likeness (QED) is 0.490. The fourth-order valence-electron chi connectivity index (χ4n) is 0.204. The van der Waals surface area contributed by atoms with Crippen LogP contribution in [-0.2, 0) is 31.3 Å². The van der Waals surface area contributed by atoms with Crippen molar-refractivity contribution >= 4 is 11.9 Å². The molecule has 0 N–H and O–H groups in total. The van der Waals surface area contributed by atoms with Gasteiger partial charge in [0.15, 0.2) is 0 Å². The molecule has 0 atom stereocenters. The van der Waals surface area contributed by atoms with Gasteiger partial charge >= 0.3 is 21.7 Å². The molecule has 0 aromatic carbocycles. The number of carboxylic acids is 2. The maximum atomic E-state index is 9.49. The van der Waals surface area contributed by atoms with Crippen molar-refractivity contribution < 1.29 is 41.5 Å². The summed E-state index contributed by atoms with van der Waals surface area (Å²) in [7, 11) is 0. The van der Waals surface area contributed by atoms with Crippen LogP contribution in [0, 0.1) is 0 Å².